The number of aromatic carboxylic acids is 1. The van der Waals surface area contributed by atoms with E-state index < -0.39 is 10.9 Å². The van der Waals surface area contributed by atoms with Crippen molar-refractivity contribution in [1.29, 1.82) is 0 Å². The number of hydrogen-bond acceptors (Lipinski definition) is 6. The zero-order chi connectivity index (χ0) is 14.7. The Morgan fingerprint density at radius 3 is 3.05 bits per heavy atom. The summed E-state index contributed by atoms with van der Waals surface area (Å²) in [6.45, 7) is 3.45. The maximum absolute atomic E-state index is 11.1. The molecule has 0 radical (unpaired) electrons. The van der Waals surface area contributed by atoms with Gasteiger partial charge in [-0.05, 0) is 6.42 Å². The lowest BCUT2D eigenvalue weighted by Crippen LogP contribution is -2.42. The third-order valence-corrected chi connectivity index (χ3v) is 3.18. The first-order valence-electron chi connectivity index (χ1n) is 6.27. The molecule has 0 aliphatic carbocycles. The molecule has 0 bridgehead atoms. The summed E-state index contributed by atoms with van der Waals surface area (Å²) in [5.74, 6) is -1.04. The van der Waals surface area contributed by atoms with Gasteiger partial charge in [-0.25, -0.2) is 9.78 Å². The van der Waals surface area contributed by atoms with Crippen LogP contribution in [-0.2, 0) is 4.74 Å². The quantitative estimate of drug-likeness (QED) is 0.654. The topological polar surface area (TPSA) is 106 Å². The minimum absolute atomic E-state index is 0.00399. The second kappa shape index (κ2) is 5.83. The van der Waals surface area contributed by atoms with Gasteiger partial charge in [-0.3, -0.25) is 10.1 Å². The highest BCUT2D eigenvalue weighted by atomic mass is 16.6. The molecule has 2 rings (SSSR count). The molecule has 1 aliphatic heterocycles. The number of ether oxygens (including phenoxy) is 1. The van der Waals surface area contributed by atoms with Crippen LogP contribution in [0.5, 0.6) is 0 Å². The Kier molecular flexibility index (Phi) is 4.14. The van der Waals surface area contributed by atoms with Gasteiger partial charge in [-0.2, -0.15) is 0 Å². The van der Waals surface area contributed by atoms with Crippen LogP contribution in [0.4, 0.5) is 11.5 Å². The molecular formula is C12H15N3O5. The Hall–Kier alpha value is -2.22. The van der Waals surface area contributed by atoms with Crippen molar-refractivity contribution in [3.63, 3.8) is 0 Å². The van der Waals surface area contributed by atoms with Crippen LogP contribution in [0, 0.1) is 10.1 Å². The highest BCUT2D eigenvalue weighted by Crippen LogP contribution is 2.28. The second-order valence-corrected chi connectivity index (χ2v) is 4.48. The molecule has 1 aromatic rings. The maximum atomic E-state index is 11.1. The molecule has 0 aromatic carbocycles. The van der Waals surface area contributed by atoms with Crippen molar-refractivity contribution in [2.24, 2.45) is 0 Å². The fourth-order valence-corrected chi connectivity index (χ4v) is 2.10. The smallest absolute Gasteiger partial charge is 0.337 e. The predicted octanol–water partition coefficient (Wildman–Crippen LogP) is 1.30. The van der Waals surface area contributed by atoms with Crippen LogP contribution in [0.2, 0.25) is 0 Å². The van der Waals surface area contributed by atoms with Gasteiger partial charge in [0.25, 0.3) is 0 Å². The van der Waals surface area contributed by atoms with E-state index in [-0.39, 0.29) is 23.2 Å². The molecule has 20 heavy (non-hydrogen) atoms. The summed E-state index contributed by atoms with van der Waals surface area (Å²) in [5.41, 5.74) is -0.484. The molecule has 1 saturated heterocycles. The Balaban J connectivity index is 2.35. The van der Waals surface area contributed by atoms with Gasteiger partial charge in [0.1, 0.15) is 0 Å². The third-order valence-electron chi connectivity index (χ3n) is 3.18. The number of rotatable bonds is 4. The minimum atomic E-state index is -1.24. The molecule has 1 N–H and O–H groups in total. The fraction of sp³-hybridized carbons (Fsp3) is 0.500. The van der Waals surface area contributed by atoms with Crippen molar-refractivity contribution < 1.29 is 19.6 Å². The van der Waals surface area contributed by atoms with Crippen LogP contribution in [0.1, 0.15) is 23.7 Å². The van der Waals surface area contributed by atoms with Crippen LogP contribution in [0.3, 0.4) is 0 Å². The molecule has 0 spiro atoms. The molecule has 1 aromatic heterocycles. The number of carboxylic acids is 1. The van der Waals surface area contributed by atoms with E-state index >= 15 is 0 Å². The molecular weight excluding hydrogens is 266 g/mol. The Morgan fingerprint density at radius 2 is 2.45 bits per heavy atom. The van der Waals surface area contributed by atoms with Crippen LogP contribution < -0.4 is 4.90 Å². The first-order chi connectivity index (χ1) is 9.52. The zero-order valence-corrected chi connectivity index (χ0v) is 11.0. The fourth-order valence-electron chi connectivity index (χ4n) is 2.10. The SMILES string of the molecule is CCC1CN(c2ncc(C(=O)O)cc2[N+](=O)[O-])CCO1. The van der Waals surface area contributed by atoms with Crippen molar-refractivity contribution >= 4 is 17.5 Å². The zero-order valence-electron chi connectivity index (χ0n) is 11.0. The predicted molar refractivity (Wildman–Crippen MR) is 70.1 cm³/mol. The standard InChI is InChI=1S/C12H15N3O5/c1-2-9-7-14(3-4-20-9)11-10(15(18)19)5-8(6-13-11)12(16)17/h5-6,9H,2-4,7H2,1H3,(H,16,17). The van der Waals surface area contributed by atoms with E-state index in [9.17, 15) is 14.9 Å². The molecule has 1 atom stereocenters. The number of carboxylic acid groups (broad SMARTS) is 1. The van der Waals surface area contributed by atoms with Gasteiger partial charge in [0.2, 0.25) is 5.82 Å². The van der Waals surface area contributed by atoms with E-state index in [0.717, 1.165) is 18.7 Å². The van der Waals surface area contributed by atoms with Crippen molar-refractivity contribution in [3.05, 3.63) is 27.9 Å². The van der Waals surface area contributed by atoms with E-state index in [1.54, 1.807) is 4.90 Å². The summed E-state index contributed by atoms with van der Waals surface area (Å²) in [4.78, 5) is 27.1. The monoisotopic (exact) mass is 281 g/mol. The van der Waals surface area contributed by atoms with Crippen LogP contribution in [-0.4, -0.2) is 46.8 Å². The highest BCUT2D eigenvalue weighted by Gasteiger charge is 2.27. The largest absolute Gasteiger partial charge is 0.478 e. The van der Waals surface area contributed by atoms with Gasteiger partial charge in [0.15, 0.2) is 0 Å². The van der Waals surface area contributed by atoms with Crippen molar-refractivity contribution in [2.45, 2.75) is 19.4 Å². The number of aromatic nitrogens is 1. The molecule has 1 unspecified atom stereocenters. The molecule has 0 amide bonds. The number of nitro groups is 1. The van der Waals surface area contributed by atoms with Crippen molar-refractivity contribution in [2.75, 3.05) is 24.6 Å². The number of morpholine rings is 1. The number of pyridine rings is 1. The highest BCUT2D eigenvalue weighted by molar-refractivity contribution is 5.88. The van der Waals surface area contributed by atoms with Gasteiger partial charge in [0, 0.05) is 25.4 Å². The van der Waals surface area contributed by atoms with Crippen molar-refractivity contribution in [3.8, 4) is 0 Å². The van der Waals surface area contributed by atoms with E-state index in [2.05, 4.69) is 4.98 Å². The minimum Gasteiger partial charge on any atom is -0.478 e. The molecule has 108 valence electrons. The Bertz CT molecular complexity index is 534. The van der Waals surface area contributed by atoms with E-state index in [0.29, 0.717) is 19.7 Å². The Morgan fingerprint density at radius 1 is 1.70 bits per heavy atom. The lowest BCUT2D eigenvalue weighted by atomic mass is 10.2. The van der Waals surface area contributed by atoms with Gasteiger partial charge in [0.05, 0.1) is 23.2 Å². The normalized spacial score (nSPS) is 18.9. The molecule has 2 heterocycles. The van der Waals surface area contributed by atoms with E-state index in [4.69, 9.17) is 9.84 Å². The van der Waals surface area contributed by atoms with Gasteiger partial charge >= 0.3 is 11.7 Å². The summed E-state index contributed by atoms with van der Waals surface area (Å²) in [6.07, 6.45) is 1.95. The average Bonchev–Trinajstić information content (AvgIpc) is 2.46. The van der Waals surface area contributed by atoms with Crippen molar-refractivity contribution in [1.82, 2.24) is 4.98 Å². The summed E-state index contributed by atoms with van der Waals surface area (Å²) in [6, 6.07) is 1.04. The lowest BCUT2D eigenvalue weighted by molar-refractivity contribution is -0.384. The maximum Gasteiger partial charge on any atom is 0.337 e. The summed E-state index contributed by atoms with van der Waals surface area (Å²) in [5, 5.41) is 20.0. The van der Waals surface area contributed by atoms with Gasteiger partial charge in [-0.1, -0.05) is 6.92 Å². The lowest BCUT2D eigenvalue weighted by Gasteiger charge is -2.32. The number of hydrogen-bond donors (Lipinski definition) is 1. The van der Waals surface area contributed by atoms with E-state index in [1.807, 2.05) is 6.92 Å². The number of carbonyl (C=O) groups is 1. The molecule has 1 fully saturated rings. The number of anilines is 1. The number of nitrogens with zero attached hydrogens (tertiary/aromatic N) is 3. The molecule has 0 saturated carbocycles. The van der Waals surface area contributed by atoms with Gasteiger partial charge in [-0.15, -0.1) is 0 Å². The Labute approximate surface area is 115 Å². The first kappa shape index (κ1) is 14.2. The average molecular weight is 281 g/mol. The second-order valence-electron chi connectivity index (χ2n) is 4.48. The van der Waals surface area contributed by atoms with Crippen LogP contribution in [0.25, 0.3) is 0 Å². The molecule has 8 nitrogen and oxygen atoms in total. The summed E-state index contributed by atoms with van der Waals surface area (Å²) < 4.78 is 5.51. The summed E-state index contributed by atoms with van der Waals surface area (Å²) >= 11 is 0. The molecule has 8 heteroatoms. The van der Waals surface area contributed by atoms with Crippen LogP contribution >= 0.6 is 0 Å². The molecule has 1 aliphatic rings. The first-order valence-corrected chi connectivity index (χ1v) is 6.27. The summed E-state index contributed by atoms with van der Waals surface area (Å²) in [7, 11) is 0. The third kappa shape index (κ3) is 2.85. The van der Waals surface area contributed by atoms with E-state index in [1.165, 1.54) is 0 Å². The van der Waals surface area contributed by atoms with Crippen LogP contribution in [0.15, 0.2) is 12.3 Å². The van der Waals surface area contributed by atoms with Gasteiger partial charge < -0.3 is 14.7 Å².